The van der Waals surface area contributed by atoms with Crippen molar-refractivity contribution < 1.29 is 9.50 Å². The normalized spacial score (nSPS) is 14.5. The number of hydrogen-bond acceptors (Lipinski definition) is 2. The molecule has 0 saturated carbocycles. The Morgan fingerprint density at radius 2 is 2.00 bits per heavy atom. The molecular weight excluding hydrogens is 235 g/mol. The summed E-state index contributed by atoms with van der Waals surface area (Å²) in [6, 6.07) is 10.7. The minimum Gasteiger partial charge on any atom is -0.395 e. The zero-order valence-corrected chi connectivity index (χ0v) is 10.5. The molecule has 0 spiro atoms. The second-order valence-corrected chi connectivity index (χ2v) is 5.41. The van der Waals surface area contributed by atoms with Gasteiger partial charge in [0.25, 0.3) is 0 Å². The van der Waals surface area contributed by atoms with Gasteiger partial charge in [-0.05, 0) is 29.5 Å². The second kappa shape index (κ2) is 4.98. The summed E-state index contributed by atoms with van der Waals surface area (Å²) >= 11 is 1.60. The van der Waals surface area contributed by atoms with E-state index >= 15 is 0 Å². The summed E-state index contributed by atoms with van der Waals surface area (Å²) in [5, 5.41) is 11.6. The quantitative estimate of drug-likeness (QED) is 0.882. The van der Waals surface area contributed by atoms with E-state index in [1.165, 1.54) is 6.07 Å². The van der Waals surface area contributed by atoms with Gasteiger partial charge in [0.2, 0.25) is 0 Å². The van der Waals surface area contributed by atoms with Crippen molar-refractivity contribution in [2.45, 2.75) is 18.8 Å². The van der Waals surface area contributed by atoms with E-state index in [0.29, 0.717) is 12.0 Å². The van der Waals surface area contributed by atoms with E-state index < -0.39 is 5.41 Å². The number of rotatable bonds is 4. The molecule has 17 heavy (non-hydrogen) atoms. The molecule has 0 aliphatic heterocycles. The van der Waals surface area contributed by atoms with Gasteiger partial charge in [-0.25, -0.2) is 4.39 Å². The zero-order chi connectivity index (χ0) is 12.3. The summed E-state index contributed by atoms with van der Waals surface area (Å²) in [6.07, 6.45) is 0.511. The first-order valence-corrected chi connectivity index (χ1v) is 6.42. The fraction of sp³-hybridized carbons (Fsp3) is 0.286. The van der Waals surface area contributed by atoms with Crippen LogP contribution in [0.5, 0.6) is 0 Å². The van der Waals surface area contributed by atoms with Crippen molar-refractivity contribution in [2.24, 2.45) is 0 Å². The lowest BCUT2D eigenvalue weighted by Gasteiger charge is -2.26. The van der Waals surface area contributed by atoms with Gasteiger partial charge in [-0.2, -0.15) is 0 Å². The van der Waals surface area contributed by atoms with Crippen molar-refractivity contribution in [1.29, 1.82) is 0 Å². The standard InChI is InChI=1S/C14H15FOS/c1-14(10-16,13-7-4-8-17-13)9-11-5-2-3-6-12(11)15/h2-8,16H,9-10H2,1H3. The van der Waals surface area contributed by atoms with Crippen molar-refractivity contribution in [1.82, 2.24) is 0 Å². The zero-order valence-electron chi connectivity index (χ0n) is 9.69. The molecule has 2 aromatic rings. The Morgan fingerprint density at radius 1 is 1.24 bits per heavy atom. The maximum absolute atomic E-state index is 13.6. The Hall–Kier alpha value is -1.19. The molecule has 2 rings (SSSR count). The van der Waals surface area contributed by atoms with Crippen molar-refractivity contribution >= 4 is 11.3 Å². The molecule has 0 bridgehead atoms. The number of hydrogen-bond donors (Lipinski definition) is 1. The van der Waals surface area contributed by atoms with Gasteiger partial charge in [-0.3, -0.25) is 0 Å². The first-order valence-electron chi connectivity index (χ1n) is 5.54. The van der Waals surface area contributed by atoms with Crippen molar-refractivity contribution in [3.63, 3.8) is 0 Å². The van der Waals surface area contributed by atoms with Crippen LogP contribution in [0.2, 0.25) is 0 Å². The lowest BCUT2D eigenvalue weighted by atomic mass is 9.83. The van der Waals surface area contributed by atoms with Gasteiger partial charge in [0.15, 0.2) is 0 Å². The van der Waals surface area contributed by atoms with E-state index in [1.54, 1.807) is 23.5 Å². The van der Waals surface area contributed by atoms with E-state index in [9.17, 15) is 9.50 Å². The van der Waals surface area contributed by atoms with Crippen molar-refractivity contribution in [2.75, 3.05) is 6.61 Å². The van der Waals surface area contributed by atoms with E-state index in [-0.39, 0.29) is 12.4 Å². The minimum absolute atomic E-state index is 0.0157. The molecule has 0 amide bonds. The van der Waals surface area contributed by atoms with Crippen LogP contribution in [0, 0.1) is 5.82 Å². The molecule has 1 nitrogen and oxygen atoms in total. The van der Waals surface area contributed by atoms with Crippen LogP contribution in [-0.4, -0.2) is 11.7 Å². The Balaban J connectivity index is 2.30. The summed E-state index contributed by atoms with van der Waals surface area (Å²) in [5.74, 6) is -0.205. The summed E-state index contributed by atoms with van der Waals surface area (Å²) in [6.45, 7) is 1.98. The van der Waals surface area contributed by atoms with Gasteiger partial charge in [0, 0.05) is 10.3 Å². The van der Waals surface area contributed by atoms with Crippen LogP contribution in [-0.2, 0) is 11.8 Å². The summed E-state index contributed by atoms with van der Waals surface area (Å²) in [7, 11) is 0. The smallest absolute Gasteiger partial charge is 0.126 e. The molecule has 3 heteroatoms. The number of benzene rings is 1. The highest BCUT2D eigenvalue weighted by atomic mass is 32.1. The first kappa shape index (κ1) is 12.3. The molecule has 1 aromatic carbocycles. The predicted octanol–water partition coefficient (Wildman–Crippen LogP) is 3.38. The number of aliphatic hydroxyl groups is 1. The summed E-state index contributed by atoms with van der Waals surface area (Å²) in [4.78, 5) is 1.09. The van der Waals surface area contributed by atoms with Gasteiger partial charge in [-0.1, -0.05) is 31.2 Å². The fourth-order valence-corrected chi connectivity index (χ4v) is 2.79. The largest absolute Gasteiger partial charge is 0.395 e. The average Bonchev–Trinajstić information content (AvgIpc) is 2.86. The molecule has 0 aliphatic carbocycles. The molecule has 0 saturated heterocycles. The molecule has 1 N–H and O–H groups in total. The molecule has 1 heterocycles. The van der Waals surface area contributed by atoms with E-state index in [0.717, 1.165) is 4.88 Å². The van der Waals surface area contributed by atoms with Crippen LogP contribution in [0.15, 0.2) is 41.8 Å². The molecular formula is C14H15FOS. The van der Waals surface area contributed by atoms with E-state index in [1.807, 2.05) is 30.5 Å². The molecule has 90 valence electrons. The Kier molecular flexibility index (Phi) is 3.60. The highest BCUT2D eigenvalue weighted by Crippen LogP contribution is 2.31. The highest BCUT2D eigenvalue weighted by Gasteiger charge is 2.28. The third-order valence-electron chi connectivity index (χ3n) is 3.00. The molecule has 0 aliphatic rings. The van der Waals surface area contributed by atoms with Gasteiger partial charge in [0.1, 0.15) is 5.82 Å². The highest BCUT2D eigenvalue weighted by molar-refractivity contribution is 7.10. The second-order valence-electron chi connectivity index (χ2n) is 4.46. The summed E-state index contributed by atoms with van der Waals surface area (Å²) in [5.41, 5.74) is 0.244. The molecule has 1 aromatic heterocycles. The van der Waals surface area contributed by atoms with Crippen LogP contribution in [0.4, 0.5) is 4.39 Å². The maximum Gasteiger partial charge on any atom is 0.126 e. The SMILES string of the molecule is CC(CO)(Cc1ccccc1F)c1cccs1. The van der Waals surface area contributed by atoms with E-state index in [4.69, 9.17) is 0 Å². The Labute approximate surface area is 105 Å². The average molecular weight is 250 g/mol. The van der Waals surface area contributed by atoms with Crippen molar-refractivity contribution in [3.05, 3.63) is 58.0 Å². The third kappa shape index (κ3) is 2.56. The van der Waals surface area contributed by atoms with Crippen LogP contribution in [0.25, 0.3) is 0 Å². The van der Waals surface area contributed by atoms with Gasteiger partial charge < -0.3 is 5.11 Å². The van der Waals surface area contributed by atoms with Crippen LogP contribution >= 0.6 is 11.3 Å². The maximum atomic E-state index is 13.6. The van der Waals surface area contributed by atoms with Crippen LogP contribution in [0.3, 0.4) is 0 Å². The molecule has 0 radical (unpaired) electrons. The first-order chi connectivity index (χ1) is 8.15. The minimum atomic E-state index is -0.406. The van der Waals surface area contributed by atoms with Gasteiger partial charge in [-0.15, -0.1) is 11.3 Å². The van der Waals surface area contributed by atoms with Gasteiger partial charge >= 0.3 is 0 Å². The molecule has 1 atom stereocenters. The third-order valence-corrected chi connectivity index (χ3v) is 4.18. The lowest BCUT2D eigenvalue weighted by Crippen LogP contribution is -2.28. The van der Waals surface area contributed by atoms with Crippen LogP contribution in [0.1, 0.15) is 17.4 Å². The number of thiophene rings is 1. The summed E-state index contributed by atoms with van der Waals surface area (Å²) < 4.78 is 13.6. The Bertz CT molecular complexity index is 481. The fourth-order valence-electron chi connectivity index (χ4n) is 1.91. The number of aliphatic hydroxyl groups excluding tert-OH is 1. The van der Waals surface area contributed by atoms with Crippen molar-refractivity contribution in [3.8, 4) is 0 Å². The predicted molar refractivity (Wildman–Crippen MR) is 68.9 cm³/mol. The molecule has 1 unspecified atom stereocenters. The topological polar surface area (TPSA) is 20.2 Å². The van der Waals surface area contributed by atoms with Gasteiger partial charge in [0.05, 0.1) is 6.61 Å². The number of halogens is 1. The Morgan fingerprint density at radius 3 is 2.59 bits per heavy atom. The monoisotopic (exact) mass is 250 g/mol. The van der Waals surface area contributed by atoms with E-state index in [2.05, 4.69) is 0 Å². The molecule has 0 fully saturated rings. The van der Waals surface area contributed by atoms with Crippen LogP contribution < -0.4 is 0 Å². The lowest BCUT2D eigenvalue weighted by molar-refractivity contribution is 0.206.